The van der Waals surface area contributed by atoms with E-state index in [2.05, 4.69) is 4.89 Å². The van der Waals surface area contributed by atoms with Crippen LogP contribution in [-0.2, 0) is 26.6 Å². The molecule has 0 aromatic heterocycles. The van der Waals surface area contributed by atoms with E-state index in [4.69, 9.17) is 15.2 Å². The second kappa shape index (κ2) is 4.94. The van der Waals surface area contributed by atoms with Crippen LogP contribution in [0, 0.1) is 0 Å². The zero-order valence-electron chi connectivity index (χ0n) is 2.71. The van der Waals surface area contributed by atoms with Gasteiger partial charge in [0.25, 0.3) is 0 Å². The van der Waals surface area contributed by atoms with Crippen LogP contribution in [0.2, 0.25) is 0 Å². The molecule has 0 aliphatic heterocycles. The molecule has 0 fully saturated rings. The minimum absolute atomic E-state index is 0. The summed E-state index contributed by atoms with van der Waals surface area (Å²) in [6.45, 7) is 0. The molecular weight excluding hydrogens is 124 g/mol. The molecule has 34 valence electrons. The summed E-state index contributed by atoms with van der Waals surface area (Å²) in [6.07, 6.45) is -1.69. The van der Waals surface area contributed by atoms with Gasteiger partial charge in [-0.15, -0.1) is 0 Å². The largest absolute Gasteiger partial charge is 0.537 e. The van der Waals surface area contributed by atoms with Crippen LogP contribution in [0.1, 0.15) is 0 Å². The normalized spacial score (nSPS) is 5.50. The van der Waals surface area contributed by atoms with E-state index in [0.29, 0.717) is 0 Å². The molecule has 6 heavy (non-hydrogen) atoms. The fourth-order valence-electron chi connectivity index (χ4n) is 0. The standard InChI is InChI=1S/CH2O4.Ti/c2-1(3)5-4;/h4H,(H,2,3);. The maximum atomic E-state index is 8.90. The Morgan fingerprint density at radius 2 is 1.83 bits per heavy atom. The van der Waals surface area contributed by atoms with E-state index in [0.717, 1.165) is 0 Å². The third-order valence-electron chi connectivity index (χ3n) is 0.0781. The fourth-order valence-corrected chi connectivity index (χ4v) is 0. The van der Waals surface area contributed by atoms with E-state index in [9.17, 15) is 0 Å². The monoisotopic (exact) mass is 126 g/mol. The second-order valence-corrected chi connectivity index (χ2v) is 0.357. The number of carbonyl (C=O) groups is 1. The van der Waals surface area contributed by atoms with E-state index in [-0.39, 0.29) is 21.7 Å². The number of hydrogen-bond acceptors (Lipinski definition) is 3. The van der Waals surface area contributed by atoms with Crippen molar-refractivity contribution >= 4 is 6.16 Å². The van der Waals surface area contributed by atoms with Gasteiger partial charge in [0.05, 0.1) is 0 Å². The maximum Gasteiger partial charge on any atom is 0.537 e. The fraction of sp³-hybridized carbons (Fsp3) is 0. The Balaban J connectivity index is 0. The molecule has 0 atom stereocenters. The molecule has 4 nitrogen and oxygen atoms in total. The minimum Gasteiger partial charge on any atom is -0.448 e. The first kappa shape index (κ1) is 9.34. The molecule has 0 bridgehead atoms. The SMILES string of the molecule is O=C(O)OO.[Ti]. The zero-order chi connectivity index (χ0) is 4.28. The molecule has 0 saturated carbocycles. The van der Waals surface area contributed by atoms with Crippen molar-refractivity contribution < 1.29 is 41.8 Å². The molecule has 0 spiro atoms. The van der Waals surface area contributed by atoms with E-state index >= 15 is 0 Å². The first-order valence-corrected chi connectivity index (χ1v) is 0.814. The van der Waals surface area contributed by atoms with Crippen molar-refractivity contribution in [2.75, 3.05) is 0 Å². The van der Waals surface area contributed by atoms with Gasteiger partial charge in [-0.25, -0.2) is 4.79 Å². The van der Waals surface area contributed by atoms with Crippen molar-refractivity contribution in [1.29, 1.82) is 0 Å². The van der Waals surface area contributed by atoms with Crippen LogP contribution in [0.5, 0.6) is 0 Å². The molecule has 0 saturated heterocycles. The summed E-state index contributed by atoms with van der Waals surface area (Å²) in [5, 5.41) is 14.3. The average Bonchev–Trinajstić information content (AvgIpc) is 1.38. The van der Waals surface area contributed by atoms with Crippen LogP contribution in [0.25, 0.3) is 0 Å². The third kappa shape index (κ3) is 9.04. The van der Waals surface area contributed by atoms with Crippen LogP contribution < -0.4 is 0 Å². The van der Waals surface area contributed by atoms with E-state index in [1.807, 2.05) is 0 Å². The second-order valence-electron chi connectivity index (χ2n) is 0.357. The Morgan fingerprint density at radius 1 is 1.67 bits per heavy atom. The van der Waals surface area contributed by atoms with Crippen molar-refractivity contribution in [2.45, 2.75) is 0 Å². The van der Waals surface area contributed by atoms with Crippen LogP contribution in [-0.4, -0.2) is 16.5 Å². The summed E-state index contributed by atoms with van der Waals surface area (Å²) in [5.41, 5.74) is 0. The smallest absolute Gasteiger partial charge is 0.448 e. The van der Waals surface area contributed by atoms with Crippen LogP contribution in [0.15, 0.2) is 0 Å². The first-order chi connectivity index (χ1) is 2.27. The van der Waals surface area contributed by atoms with Crippen molar-refractivity contribution in [2.24, 2.45) is 0 Å². The minimum atomic E-state index is -1.69. The Bertz CT molecular complexity index is 42.8. The first-order valence-electron chi connectivity index (χ1n) is 0.814. The Labute approximate surface area is 48.5 Å². The molecular formula is CH2O4Ti. The van der Waals surface area contributed by atoms with E-state index in [1.54, 1.807) is 0 Å². The van der Waals surface area contributed by atoms with Gasteiger partial charge < -0.3 is 5.11 Å². The number of rotatable bonds is 0. The van der Waals surface area contributed by atoms with Gasteiger partial charge in [-0.05, 0) is 0 Å². The van der Waals surface area contributed by atoms with Crippen molar-refractivity contribution in [3.63, 3.8) is 0 Å². The molecule has 0 amide bonds. The number of carboxylic acid groups (broad SMARTS) is 1. The topological polar surface area (TPSA) is 66.8 Å². The molecule has 0 aromatic carbocycles. The van der Waals surface area contributed by atoms with Crippen molar-refractivity contribution in [3.05, 3.63) is 0 Å². The predicted octanol–water partition coefficient (Wildman–Crippen LogP) is 0.151. The average molecular weight is 126 g/mol. The van der Waals surface area contributed by atoms with E-state index in [1.165, 1.54) is 0 Å². The van der Waals surface area contributed by atoms with Gasteiger partial charge >= 0.3 is 6.16 Å². The number of hydrogen-bond donors (Lipinski definition) is 2. The molecule has 0 aliphatic carbocycles. The molecule has 0 radical (unpaired) electrons. The summed E-state index contributed by atoms with van der Waals surface area (Å²) < 4.78 is 0. The van der Waals surface area contributed by atoms with Crippen LogP contribution in [0.3, 0.4) is 0 Å². The summed E-state index contributed by atoms with van der Waals surface area (Å²) in [7, 11) is 0. The summed E-state index contributed by atoms with van der Waals surface area (Å²) >= 11 is 0. The molecule has 0 aliphatic rings. The molecule has 2 N–H and O–H groups in total. The van der Waals surface area contributed by atoms with Crippen LogP contribution in [0.4, 0.5) is 4.79 Å². The summed E-state index contributed by atoms with van der Waals surface area (Å²) in [6, 6.07) is 0. The third-order valence-corrected chi connectivity index (χ3v) is 0.0781. The molecule has 0 aromatic rings. The van der Waals surface area contributed by atoms with Gasteiger partial charge in [0.15, 0.2) is 0 Å². The van der Waals surface area contributed by atoms with Gasteiger partial charge in [-0.2, -0.15) is 5.26 Å². The van der Waals surface area contributed by atoms with Gasteiger partial charge in [0, 0.05) is 21.7 Å². The quantitative estimate of drug-likeness (QED) is 0.275. The van der Waals surface area contributed by atoms with E-state index < -0.39 is 6.16 Å². The Kier molecular flexibility index (Phi) is 7.70. The van der Waals surface area contributed by atoms with Crippen LogP contribution >= 0.6 is 0 Å². The Hall–Kier alpha value is -0.0557. The molecule has 0 rings (SSSR count). The molecule has 5 heteroatoms. The van der Waals surface area contributed by atoms with Crippen molar-refractivity contribution in [1.82, 2.24) is 0 Å². The summed E-state index contributed by atoms with van der Waals surface area (Å²) in [5.74, 6) is 0. The Morgan fingerprint density at radius 3 is 1.83 bits per heavy atom. The van der Waals surface area contributed by atoms with Gasteiger partial charge in [0.2, 0.25) is 0 Å². The van der Waals surface area contributed by atoms with Crippen molar-refractivity contribution in [3.8, 4) is 0 Å². The zero-order valence-corrected chi connectivity index (χ0v) is 4.27. The predicted molar refractivity (Wildman–Crippen MR) is 11.7 cm³/mol. The van der Waals surface area contributed by atoms with Gasteiger partial charge in [0.1, 0.15) is 0 Å². The maximum absolute atomic E-state index is 8.90. The van der Waals surface area contributed by atoms with Gasteiger partial charge in [-0.3, -0.25) is 4.89 Å². The van der Waals surface area contributed by atoms with Gasteiger partial charge in [-0.1, -0.05) is 0 Å². The molecule has 0 heterocycles. The molecule has 0 unspecified atom stereocenters. The summed E-state index contributed by atoms with van der Waals surface area (Å²) in [4.78, 5) is 11.6.